The first-order valence-corrected chi connectivity index (χ1v) is 7.26. The molecule has 18 heavy (non-hydrogen) atoms. The van der Waals surface area contributed by atoms with E-state index in [2.05, 4.69) is 57.4 Å². The number of benzene rings is 1. The highest BCUT2D eigenvalue weighted by atomic mass is 32.1. The second-order valence-corrected chi connectivity index (χ2v) is 6.22. The van der Waals surface area contributed by atoms with Crippen molar-refractivity contribution in [2.75, 3.05) is 6.61 Å². The summed E-state index contributed by atoms with van der Waals surface area (Å²) >= 11 is 1.85. The van der Waals surface area contributed by atoms with Gasteiger partial charge in [-0.3, -0.25) is 0 Å². The molecule has 1 atom stereocenters. The second kappa shape index (κ2) is 5.83. The van der Waals surface area contributed by atoms with Crippen molar-refractivity contribution in [1.29, 1.82) is 0 Å². The summed E-state index contributed by atoms with van der Waals surface area (Å²) in [6.45, 7) is 9.38. The molecule has 3 heteroatoms. The maximum atomic E-state index is 5.52. The lowest BCUT2D eigenvalue weighted by molar-refractivity contribution is 0.00469. The molecular formula is C15H21NOS. The van der Waals surface area contributed by atoms with Gasteiger partial charge in [-0.05, 0) is 36.8 Å². The Bertz CT molecular complexity index is 518. The Morgan fingerprint density at radius 3 is 2.61 bits per heavy atom. The fourth-order valence-corrected chi connectivity index (χ4v) is 3.20. The average molecular weight is 263 g/mol. The van der Waals surface area contributed by atoms with Gasteiger partial charge in [-0.2, -0.15) is 5.48 Å². The van der Waals surface area contributed by atoms with Gasteiger partial charge < -0.3 is 4.84 Å². The molecule has 0 fully saturated rings. The molecule has 0 aliphatic carbocycles. The van der Waals surface area contributed by atoms with Crippen LogP contribution < -0.4 is 5.48 Å². The van der Waals surface area contributed by atoms with Gasteiger partial charge in [-0.15, -0.1) is 11.3 Å². The third kappa shape index (κ3) is 2.91. The van der Waals surface area contributed by atoms with Crippen LogP contribution in [0.5, 0.6) is 0 Å². The van der Waals surface area contributed by atoms with E-state index in [0.29, 0.717) is 5.92 Å². The molecule has 0 spiro atoms. The molecule has 2 nitrogen and oxygen atoms in total. The largest absolute Gasteiger partial charge is 0.301 e. The summed E-state index contributed by atoms with van der Waals surface area (Å²) in [5.41, 5.74) is 4.51. The molecule has 0 saturated carbocycles. The first-order valence-electron chi connectivity index (χ1n) is 6.45. The standard InChI is InChI=1S/C15H21NOS/c1-10(2)9-17-16-12(4)15-11(3)13-7-5-6-8-14(13)18-15/h5-8,10,12,16H,9H2,1-4H3. The fraction of sp³-hybridized carbons (Fsp3) is 0.467. The van der Waals surface area contributed by atoms with Crippen molar-refractivity contribution in [3.8, 4) is 0 Å². The zero-order chi connectivity index (χ0) is 13.1. The topological polar surface area (TPSA) is 21.3 Å². The van der Waals surface area contributed by atoms with Crippen LogP contribution in [0.2, 0.25) is 0 Å². The molecule has 1 unspecified atom stereocenters. The maximum Gasteiger partial charge on any atom is 0.0705 e. The number of rotatable bonds is 5. The summed E-state index contributed by atoms with van der Waals surface area (Å²) in [6.07, 6.45) is 0. The normalized spacial score (nSPS) is 13.4. The van der Waals surface area contributed by atoms with Gasteiger partial charge in [0, 0.05) is 9.58 Å². The predicted molar refractivity (Wildman–Crippen MR) is 78.9 cm³/mol. The highest BCUT2D eigenvalue weighted by Crippen LogP contribution is 2.34. The Morgan fingerprint density at radius 2 is 1.94 bits per heavy atom. The fourth-order valence-electron chi connectivity index (χ4n) is 2.00. The van der Waals surface area contributed by atoms with Crippen molar-refractivity contribution in [2.45, 2.75) is 33.7 Å². The Morgan fingerprint density at radius 1 is 1.22 bits per heavy atom. The van der Waals surface area contributed by atoms with Gasteiger partial charge in [-0.25, -0.2) is 0 Å². The van der Waals surface area contributed by atoms with Crippen LogP contribution in [0.3, 0.4) is 0 Å². The quantitative estimate of drug-likeness (QED) is 0.805. The Hall–Kier alpha value is -0.900. The van der Waals surface area contributed by atoms with E-state index in [1.807, 2.05) is 11.3 Å². The molecular weight excluding hydrogens is 242 g/mol. The molecule has 0 amide bonds. The van der Waals surface area contributed by atoms with E-state index in [1.54, 1.807) is 0 Å². The Labute approximate surface area is 113 Å². The molecule has 2 rings (SSSR count). The first-order chi connectivity index (χ1) is 8.59. The van der Waals surface area contributed by atoms with Gasteiger partial charge in [0.05, 0.1) is 12.6 Å². The van der Waals surface area contributed by atoms with E-state index < -0.39 is 0 Å². The average Bonchev–Trinajstić information content (AvgIpc) is 2.67. The highest BCUT2D eigenvalue weighted by Gasteiger charge is 2.14. The molecule has 98 valence electrons. The molecule has 0 saturated heterocycles. The van der Waals surface area contributed by atoms with E-state index in [9.17, 15) is 0 Å². The summed E-state index contributed by atoms with van der Waals surface area (Å²) in [6, 6.07) is 8.79. The Balaban J connectivity index is 2.12. The second-order valence-electron chi connectivity index (χ2n) is 5.13. The summed E-state index contributed by atoms with van der Waals surface area (Å²) in [4.78, 5) is 6.88. The molecule has 1 aromatic carbocycles. The van der Waals surface area contributed by atoms with Crippen LogP contribution in [-0.4, -0.2) is 6.61 Å². The van der Waals surface area contributed by atoms with Gasteiger partial charge in [0.25, 0.3) is 0 Å². The van der Waals surface area contributed by atoms with Crippen molar-refractivity contribution in [2.24, 2.45) is 5.92 Å². The first kappa shape index (κ1) is 13.5. The van der Waals surface area contributed by atoms with E-state index in [0.717, 1.165) is 6.61 Å². The maximum absolute atomic E-state index is 5.52. The number of aryl methyl sites for hydroxylation is 1. The molecule has 0 bridgehead atoms. The lowest BCUT2D eigenvalue weighted by atomic mass is 10.1. The molecule has 2 aromatic rings. The van der Waals surface area contributed by atoms with Crippen molar-refractivity contribution >= 4 is 21.4 Å². The number of thiophene rings is 1. The molecule has 1 heterocycles. The van der Waals surface area contributed by atoms with E-state index in [1.165, 1.54) is 20.5 Å². The van der Waals surface area contributed by atoms with Crippen LogP contribution in [0.15, 0.2) is 24.3 Å². The molecule has 0 radical (unpaired) electrons. The van der Waals surface area contributed by atoms with E-state index in [-0.39, 0.29) is 6.04 Å². The lowest BCUT2D eigenvalue weighted by Crippen LogP contribution is -2.21. The van der Waals surface area contributed by atoms with E-state index >= 15 is 0 Å². The molecule has 1 aromatic heterocycles. The van der Waals surface area contributed by atoms with Crippen molar-refractivity contribution in [3.63, 3.8) is 0 Å². The summed E-state index contributed by atoms with van der Waals surface area (Å²) in [5.74, 6) is 0.549. The summed E-state index contributed by atoms with van der Waals surface area (Å²) < 4.78 is 1.35. The lowest BCUT2D eigenvalue weighted by Gasteiger charge is -2.14. The summed E-state index contributed by atoms with van der Waals surface area (Å²) in [7, 11) is 0. The van der Waals surface area contributed by atoms with Gasteiger partial charge in [0.2, 0.25) is 0 Å². The zero-order valence-electron chi connectivity index (χ0n) is 11.5. The predicted octanol–water partition coefficient (Wildman–Crippen LogP) is 4.45. The van der Waals surface area contributed by atoms with Gasteiger partial charge in [0.1, 0.15) is 0 Å². The SMILES string of the molecule is Cc1c(C(C)NOCC(C)C)sc2ccccc12. The third-order valence-electron chi connectivity index (χ3n) is 2.95. The van der Waals surface area contributed by atoms with Crippen LogP contribution in [0.25, 0.3) is 10.1 Å². The molecule has 0 aliphatic heterocycles. The monoisotopic (exact) mass is 263 g/mol. The summed E-state index contributed by atoms with van der Waals surface area (Å²) in [5, 5.41) is 1.36. The van der Waals surface area contributed by atoms with Crippen LogP contribution >= 0.6 is 11.3 Å². The van der Waals surface area contributed by atoms with Gasteiger partial charge in [0.15, 0.2) is 0 Å². The zero-order valence-corrected chi connectivity index (χ0v) is 12.3. The van der Waals surface area contributed by atoms with Crippen LogP contribution in [0.1, 0.15) is 37.3 Å². The minimum Gasteiger partial charge on any atom is -0.301 e. The number of fused-ring (bicyclic) bond motifs is 1. The van der Waals surface area contributed by atoms with E-state index in [4.69, 9.17) is 4.84 Å². The minimum absolute atomic E-state index is 0.237. The van der Waals surface area contributed by atoms with Crippen molar-refractivity contribution in [3.05, 3.63) is 34.7 Å². The third-order valence-corrected chi connectivity index (χ3v) is 4.41. The van der Waals surface area contributed by atoms with Gasteiger partial charge >= 0.3 is 0 Å². The highest BCUT2D eigenvalue weighted by molar-refractivity contribution is 7.19. The minimum atomic E-state index is 0.237. The van der Waals surface area contributed by atoms with Crippen LogP contribution in [0.4, 0.5) is 0 Å². The molecule has 0 aliphatic rings. The van der Waals surface area contributed by atoms with Crippen molar-refractivity contribution in [1.82, 2.24) is 5.48 Å². The molecule has 1 N–H and O–H groups in total. The van der Waals surface area contributed by atoms with Crippen molar-refractivity contribution < 1.29 is 4.84 Å². The Kier molecular flexibility index (Phi) is 4.38. The van der Waals surface area contributed by atoms with Crippen LogP contribution in [-0.2, 0) is 4.84 Å². The number of nitrogens with one attached hydrogen (secondary N) is 1. The number of hydrogen-bond donors (Lipinski definition) is 1. The van der Waals surface area contributed by atoms with Gasteiger partial charge in [-0.1, -0.05) is 32.0 Å². The number of hydrogen-bond acceptors (Lipinski definition) is 3. The smallest absolute Gasteiger partial charge is 0.0705 e. The number of hydroxylamine groups is 1. The van der Waals surface area contributed by atoms with Crippen LogP contribution in [0, 0.1) is 12.8 Å².